The van der Waals surface area contributed by atoms with Crippen LogP contribution in [0.15, 0.2) is 94.8 Å². The van der Waals surface area contributed by atoms with Gasteiger partial charge in [-0.05, 0) is 64.1 Å². The normalized spacial score (nSPS) is 19.0. The van der Waals surface area contributed by atoms with Gasteiger partial charge in [-0.2, -0.15) is 0 Å². The number of nitrogens with zero attached hydrogens (tertiary/aromatic N) is 3. The van der Waals surface area contributed by atoms with Gasteiger partial charge in [0.05, 0.1) is 11.6 Å². The van der Waals surface area contributed by atoms with Gasteiger partial charge in [0.15, 0.2) is 4.34 Å². The molecular weight excluding hydrogens is 603 g/mol. The van der Waals surface area contributed by atoms with E-state index < -0.39 is 17.7 Å². The Hall–Kier alpha value is -4.47. The third-order valence-electron chi connectivity index (χ3n) is 8.37. The molecule has 5 aromatic rings. The maximum Gasteiger partial charge on any atom is 0.301 e. The maximum atomic E-state index is 13.7. The lowest BCUT2D eigenvalue weighted by atomic mass is 9.93. The molecule has 1 amide bonds. The number of carbonyl (C=O) groups excluding carboxylic acids is 2. The smallest absolute Gasteiger partial charge is 0.301 e. The number of aliphatic hydroxyl groups is 1. The topological polar surface area (TPSA) is 92.6 Å². The van der Waals surface area contributed by atoms with Crippen LogP contribution in [0.5, 0.6) is 5.75 Å². The lowest BCUT2D eigenvalue weighted by Gasteiger charge is -2.23. The van der Waals surface area contributed by atoms with Crippen molar-refractivity contribution in [2.45, 2.75) is 55.3 Å². The second-order valence-electron chi connectivity index (χ2n) is 11.7. The summed E-state index contributed by atoms with van der Waals surface area (Å²) >= 11 is 2.80. The van der Waals surface area contributed by atoms with Gasteiger partial charge in [0, 0.05) is 17.7 Å². The molecule has 0 radical (unpaired) electrons. The largest absolute Gasteiger partial charge is 0.507 e. The number of ketones is 1. The average molecular weight is 634 g/mol. The van der Waals surface area contributed by atoms with E-state index >= 15 is 0 Å². The van der Waals surface area contributed by atoms with Gasteiger partial charge in [-0.3, -0.25) is 14.5 Å². The number of hydrogen-bond acceptors (Lipinski definition) is 8. The number of benzene rings is 4. The molecule has 1 aromatic heterocycles. The highest BCUT2D eigenvalue weighted by Crippen LogP contribution is 2.45. The fraction of sp³-hybridized carbons (Fsp3) is 0.222. The second kappa shape index (κ2) is 11.8. The SMILES string of the molecule is CC(C)c1ccc([C@@H]2/C(=C(\O)c3ccc4c(c3)C[C@H](C)O4)C(=O)C(=O)N2c2nnc(SCc3cccc4ccccc34)s2)cc1. The molecule has 1 saturated heterocycles. The predicted octanol–water partition coefficient (Wildman–Crippen LogP) is 8.06. The summed E-state index contributed by atoms with van der Waals surface area (Å²) < 4.78 is 6.51. The number of anilines is 1. The number of amides is 1. The molecule has 2 atom stereocenters. The summed E-state index contributed by atoms with van der Waals surface area (Å²) in [6.07, 6.45) is 0.738. The Morgan fingerprint density at radius 3 is 2.60 bits per heavy atom. The van der Waals surface area contributed by atoms with E-state index in [0.717, 1.165) is 16.9 Å². The van der Waals surface area contributed by atoms with Crippen LogP contribution in [0.4, 0.5) is 5.13 Å². The Balaban J connectivity index is 1.26. The molecule has 9 heteroatoms. The summed E-state index contributed by atoms with van der Waals surface area (Å²) in [6.45, 7) is 6.21. The number of fused-ring (bicyclic) bond motifs is 2. The number of thioether (sulfide) groups is 1. The second-order valence-corrected chi connectivity index (χ2v) is 13.9. The van der Waals surface area contributed by atoms with Crippen LogP contribution in [0, 0.1) is 0 Å². The summed E-state index contributed by atoms with van der Waals surface area (Å²) in [5.41, 5.74) is 4.47. The number of hydrogen-bond donors (Lipinski definition) is 1. The predicted molar refractivity (Wildman–Crippen MR) is 179 cm³/mol. The molecule has 0 bridgehead atoms. The van der Waals surface area contributed by atoms with Crippen LogP contribution in [0.3, 0.4) is 0 Å². The molecule has 7 nitrogen and oxygen atoms in total. The summed E-state index contributed by atoms with van der Waals surface area (Å²) in [5.74, 6) is 0.0418. The van der Waals surface area contributed by atoms with Crippen LogP contribution in [-0.2, 0) is 21.8 Å². The van der Waals surface area contributed by atoms with E-state index in [1.54, 1.807) is 12.1 Å². The molecule has 45 heavy (non-hydrogen) atoms. The van der Waals surface area contributed by atoms with E-state index in [2.05, 4.69) is 48.3 Å². The summed E-state index contributed by atoms with van der Waals surface area (Å²) in [7, 11) is 0. The fourth-order valence-electron chi connectivity index (χ4n) is 6.05. The highest BCUT2D eigenvalue weighted by atomic mass is 32.2. The minimum atomic E-state index is -0.862. The van der Waals surface area contributed by atoms with Gasteiger partial charge < -0.3 is 9.84 Å². The van der Waals surface area contributed by atoms with E-state index in [9.17, 15) is 14.7 Å². The molecule has 3 heterocycles. The quantitative estimate of drug-likeness (QED) is 0.0637. The van der Waals surface area contributed by atoms with E-state index in [4.69, 9.17) is 4.74 Å². The lowest BCUT2D eigenvalue weighted by Crippen LogP contribution is -2.29. The number of carbonyl (C=O) groups is 2. The van der Waals surface area contributed by atoms with Gasteiger partial charge >= 0.3 is 5.91 Å². The Morgan fingerprint density at radius 1 is 1.02 bits per heavy atom. The number of rotatable bonds is 7. The number of ether oxygens (including phenoxy) is 1. The first-order valence-electron chi connectivity index (χ1n) is 14.9. The maximum absolute atomic E-state index is 13.7. The van der Waals surface area contributed by atoms with Crippen molar-refractivity contribution in [2.75, 3.05) is 4.90 Å². The zero-order valence-electron chi connectivity index (χ0n) is 25.1. The molecule has 2 aliphatic rings. The van der Waals surface area contributed by atoms with Gasteiger partial charge in [-0.15, -0.1) is 10.2 Å². The first kappa shape index (κ1) is 29.3. The number of Topliss-reactive ketones (excluding diaryl/α,β-unsaturated/α-hetero) is 1. The van der Waals surface area contributed by atoms with Crippen molar-refractivity contribution in [2.24, 2.45) is 0 Å². The zero-order chi connectivity index (χ0) is 31.2. The molecule has 4 aromatic carbocycles. The summed E-state index contributed by atoms with van der Waals surface area (Å²) in [4.78, 5) is 28.8. The van der Waals surface area contributed by atoms with Crippen molar-refractivity contribution in [1.29, 1.82) is 0 Å². The van der Waals surface area contributed by atoms with E-state index in [1.807, 2.05) is 55.5 Å². The van der Waals surface area contributed by atoms with E-state index in [-0.39, 0.29) is 17.4 Å². The number of aromatic nitrogens is 2. The zero-order valence-corrected chi connectivity index (χ0v) is 26.7. The Morgan fingerprint density at radius 2 is 1.80 bits per heavy atom. The van der Waals surface area contributed by atoms with Crippen molar-refractivity contribution >= 4 is 56.5 Å². The van der Waals surface area contributed by atoms with Crippen LogP contribution >= 0.6 is 23.1 Å². The summed E-state index contributed by atoms with van der Waals surface area (Å²) in [6, 6.07) is 26.8. The monoisotopic (exact) mass is 633 g/mol. The average Bonchev–Trinajstić information content (AvgIpc) is 3.74. The molecule has 0 aliphatic carbocycles. The Bertz CT molecular complexity index is 1980. The Labute approximate surface area is 269 Å². The standard InChI is InChI=1S/C36H31N3O4S2/c1-20(2)22-11-13-24(14-12-22)31-30(32(40)25-15-16-29-27(18-25)17-21(3)43-29)33(41)34(42)39(31)35-37-38-36(45-35)44-19-26-9-6-8-23-7-4-5-10-28(23)26/h4-16,18,20-21,31,40H,17,19H2,1-3H3/b32-30+/t21-,31+/m0/s1. The minimum Gasteiger partial charge on any atom is -0.507 e. The Kier molecular flexibility index (Phi) is 7.67. The van der Waals surface area contributed by atoms with Gasteiger partial charge in [-0.25, -0.2) is 0 Å². The molecule has 2 aliphatic heterocycles. The first-order chi connectivity index (χ1) is 21.8. The molecule has 7 rings (SSSR count). The molecule has 226 valence electrons. The van der Waals surface area contributed by atoms with Gasteiger partial charge in [-0.1, -0.05) is 104 Å². The first-order valence-corrected chi connectivity index (χ1v) is 16.7. The molecule has 0 spiro atoms. The molecular formula is C36H31N3O4S2. The van der Waals surface area contributed by atoms with Crippen molar-refractivity contribution in [3.05, 3.63) is 118 Å². The number of aliphatic hydroxyl groups excluding tert-OH is 1. The summed E-state index contributed by atoms with van der Waals surface area (Å²) in [5, 5.41) is 23.1. The highest BCUT2D eigenvalue weighted by molar-refractivity contribution is 8.00. The lowest BCUT2D eigenvalue weighted by molar-refractivity contribution is -0.132. The van der Waals surface area contributed by atoms with E-state index in [0.29, 0.717) is 38.7 Å². The van der Waals surface area contributed by atoms with Crippen LogP contribution in [0.2, 0.25) is 0 Å². The third kappa shape index (κ3) is 5.40. The van der Waals surface area contributed by atoms with Crippen LogP contribution in [0.25, 0.3) is 16.5 Å². The molecule has 0 saturated carbocycles. The molecule has 1 fully saturated rings. The molecule has 1 N–H and O–H groups in total. The van der Waals surface area contributed by atoms with Crippen LogP contribution in [-0.4, -0.2) is 33.1 Å². The van der Waals surface area contributed by atoms with E-state index in [1.165, 1.54) is 44.3 Å². The van der Waals surface area contributed by atoms with Crippen molar-refractivity contribution in [3.63, 3.8) is 0 Å². The van der Waals surface area contributed by atoms with Gasteiger partial charge in [0.25, 0.3) is 5.78 Å². The van der Waals surface area contributed by atoms with Crippen molar-refractivity contribution < 1.29 is 19.4 Å². The van der Waals surface area contributed by atoms with Crippen molar-refractivity contribution in [3.8, 4) is 5.75 Å². The highest BCUT2D eigenvalue weighted by Gasteiger charge is 2.48. The third-order valence-corrected chi connectivity index (χ3v) is 10.5. The molecule has 0 unspecified atom stereocenters. The fourth-order valence-corrected chi connectivity index (χ4v) is 7.92. The minimum absolute atomic E-state index is 0.0318. The van der Waals surface area contributed by atoms with Crippen molar-refractivity contribution in [1.82, 2.24) is 10.2 Å². The van der Waals surface area contributed by atoms with Gasteiger partial charge in [0.1, 0.15) is 17.6 Å². The van der Waals surface area contributed by atoms with Gasteiger partial charge in [0.2, 0.25) is 5.13 Å². The van der Waals surface area contributed by atoms with Crippen LogP contribution in [0.1, 0.15) is 60.5 Å². The van der Waals surface area contributed by atoms with Crippen LogP contribution < -0.4 is 9.64 Å².